The van der Waals surface area contributed by atoms with E-state index < -0.39 is 18.5 Å². The molecule has 2 N–H and O–H groups in total. The minimum absolute atomic E-state index is 0.0959. The Morgan fingerprint density at radius 1 is 0.957 bits per heavy atom. The van der Waals surface area contributed by atoms with Gasteiger partial charge >= 0.3 is 0 Å². The number of hydrogen-bond acceptors (Lipinski definition) is 6. The van der Waals surface area contributed by atoms with Gasteiger partial charge in [0.1, 0.15) is 6.10 Å². The van der Waals surface area contributed by atoms with Crippen LogP contribution >= 0.6 is 0 Å². The second-order valence-electron chi connectivity index (χ2n) is 6.72. The van der Waals surface area contributed by atoms with Crippen LogP contribution in [0.2, 0.25) is 0 Å². The van der Waals surface area contributed by atoms with Gasteiger partial charge in [0.2, 0.25) is 0 Å². The summed E-state index contributed by atoms with van der Waals surface area (Å²) in [5, 5.41) is 20.7. The molecule has 1 rings (SSSR count). The molecule has 1 aliphatic heterocycles. The molecule has 5 unspecified atom stereocenters. The highest BCUT2D eigenvalue weighted by molar-refractivity contribution is 4.90. The van der Waals surface area contributed by atoms with Crippen molar-refractivity contribution in [3.8, 4) is 0 Å². The van der Waals surface area contributed by atoms with Gasteiger partial charge in [0.05, 0.1) is 38.1 Å². The first kappa shape index (κ1) is 20.8. The van der Waals surface area contributed by atoms with Crippen molar-refractivity contribution < 1.29 is 29.2 Å². The molecule has 6 heteroatoms. The lowest BCUT2D eigenvalue weighted by atomic mass is 9.81. The molecular formula is C17H34O6. The van der Waals surface area contributed by atoms with Crippen LogP contribution in [0.1, 0.15) is 41.0 Å². The van der Waals surface area contributed by atoms with Crippen LogP contribution < -0.4 is 0 Å². The summed E-state index contributed by atoms with van der Waals surface area (Å²) in [6.45, 7) is 11.9. The van der Waals surface area contributed by atoms with E-state index in [1.165, 1.54) is 0 Å². The molecule has 0 aromatic carbocycles. The molecule has 0 aromatic rings. The Hall–Kier alpha value is -0.240. The molecule has 0 aliphatic carbocycles. The van der Waals surface area contributed by atoms with Crippen molar-refractivity contribution in [2.75, 3.05) is 26.4 Å². The lowest BCUT2D eigenvalue weighted by molar-refractivity contribution is -0.305. The van der Waals surface area contributed by atoms with Crippen LogP contribution in [-0.4, -0.2) is 67.3 Å². The molecule has 0 radical (unpaired) electrons. The summed E-state index contributed by atoms with van der Waals surface area (Å²) in [5.74, 6) is -0.0434. The third-order valence-corrected chi connectivity index (χ3v) is 3.94. The molecule has 6 nitrogen and oxygen atoms in total. The molecule has 5 atom stereocenters. The molecule has 138 valence electrons. The van der Waals surface area contributed by atoms with Crippen LogP contribution in [0.15, 0.2) is 0 Å². The average molecular weight is 334 g/mol. The zero-order chi connectivity index (χ0) is 17.4. The molecule has 1 aliphatic rings. The maximum absolute atomic E-state index is 10.4. The minimum atomic E-state index is -1.05. The molecular weight excluding hydrogens is 300 g/mol. The zero-order valence-electron chi connectivity index (χ0n) is 15.1. The number of aliphatic hydroxyl groups excluding tert-OH is 2. The second kappa shape index (κ2) is 10.6. The molecule has 1 saturated heterocycles. The summed E-state index contributed by atoms with van der Waals surface area (Å²) >= 11 is 0. The second-order valence-corrected chi connectivity index (χ2v) is 6.72. The lowest BCUT2D eigenvalue weighted by Crippen LogP contribution is -2.58. The summed E-state index contributed by atoms with van der Waals surface area (Å²) in [4.78, 5) is 0. The fourth-order valence-electron chi connectivity index (χ4n) is 2.87. The zero-order valence-corrected chi connectivity index (χ0v) is 15.1. The van der Waals surface area contributed by atoms with Gasteiger partial charge in [0, 0.05) is 12.5 Å². The summed E-state index contributed by atoms with van der Waals surface area (Å²) in [6, 6.07) is 0. The summed E-state index contributed by atoms with van der Waals surface area (Å²) in [6.07, 6.45) is -2.19. The first-order chi connectivity index (χ1) is 10.9. The first-order valence-corrected chi connectivity index (χ1v) is 8.71. The van der Waals surface area contributed by atoms with Gasteiger partial charge in [-0.15, -0.1) is 0 Å². The van der Waals surface area contributed by atoms with Crippen molar-refractivity contribution in [1.29, 1.82) is 0 Å². The van der Waals surface area contributed by atoms with Gasteiger partial charge < -0.3 is 29.2 Å². The summed E-state index contributed by atoms with van der Waals surface area (Å²) < 4.78 is 22.5. The minimum Gasteiger partial charge on any atom is -0.390 e. The highest BCUT2D eigenvalue weighted by atomic mass is 16.7. The SMILES string of the molecule is CCCOCCOCC1OC(OC(C)C)C(O)C(O)C1C(C)C. The quantitative estimate of drug-likeness (QED) is 0.591. The monoisotopic (exact) mass is 334 g/mol. The number of hydrogen-bond donors (Lipinski definition) is 2. The van der Waals surface area contributed by atoms with Gasteiger partial charge in [0.25, 0.3) is 0 Å². The molecule has 23 heavy (non-hydrogen) atoms. The number of rotatable bonds is 10. The maximum atomic E-state index is 10.4. The summed E-state index contributed by atoms with van der Waals surface area (Å²) in [5.41, 5.74) is 0. The molecule has 0 aromatic heterocycles. The normalized spacial score (nSPS) is 32.0. The fourth-order valence-corrected chi connectivity index (χ4v) is 2.87. The largest absolute Gasteiger partial charge is 0.390 e. The van der Waals surface area contributed by atoms with E-state index in [2.05, 4.69) is 6.92 Å². The van der Waals surface area contributed by atoms with Crippen molar-refractivity contribution in [3.63, 3.8) is 0 Å². The van der Waals surface area contributed by atoms with E-state index in [1.807, 2.05) is 27.7 Å². The highest BCUT2D eigenvalue weighted by Crippen LogP contribution is 2.32. The Morgan fingerprint density at radius 3 is 2.17 bits per heavy atom. The van der Waals surface area contributed by atoms with Crippen LogP contribution in [0, 0.1) is 11.8 Å². The topological polar surface area (TPSA) is 77.4 Å². The third-order valence-electron chi connectivity index (χ3n) is 3.94. The van der Waals surface area contributed by atoms with Crippen molar-refractivity contribution >= 4 is 0 Å². The van der Waals surface area contributed by atoms with Gasteiger partial charge in [-0.2, -0.15) is 0 Å². The van der Waals surface area contributed by atoms with Gasteiger partial charge in [-0.25, -0.2) is 0 Å². The van der Waals surface area contributed by atoms with Crippen LogP contribution in [0.4, 0.5) is 0 Å². The molecule has 0 bridgehead atoms. The molecule has 0 spiro atoms. The van der Waals surface area contributed by atoms with Gasteiger partial charge in [-0.1, -0.05) is 20.8 Å². The number of aliphatic hydroxyl groups is 2. The van der Waals surface area contributed by atoms with E-state index in [0.717, 1.165) is 13.0 Å². The predicted octanol–water partition coefficient (Wildman–Crippen LogP) is 1.57. The van der Waals surface area contributed by atoms with Crippen molar-refractivity contribution in [2.24, 2.45) is 11.8 Å². The van der Waals surface area contributed by atoms with Crippen molar-refractivity contribution in [3.05, 3.63) is 0 Å². The predicted molar refractivity (Wildman–Crippen MR) is 87.2 cm³/mol. The summed E-state index contributed by atoms with van der Waals surface area (Å²) in [7, 11) is 0. The standard InChI is InChI=1S/C17H34O6/c1-6-7-20-8-9-21-10-13-14(11(2)3)15(18)16(19)17(23-13)22-12(4)5/h11-19H,6-10H2,1-5H3. The van der Waals surface area contributed by atoms with Gasteiger partial charge in [-0.05, 0) is 26.2 Å². The molecule has 1 fully saturated rings. The van der Waals surface area contributed by atoms with E-state index in [0.29, 0.717) is 19.8 Å². The van der Waals surface area contributed by atoms with Crippen LogP contribution in [0.25, 0.3) is 0 Å². The fraction of sp³-hybridized carbons (Fsp3) is 1.00. The van der Waals surface area contributed by atoms with E-state index in [1.54, 1.807) is 0 Å². The van der Waals surface area contributed by atoms with Gasteiger partial charge in [-0.3, -0.25) is 0 Å². The Labute approximate surface area is 140 Å². The first-order valence-electron chi connectivity index (χ1n) is 8.71. The van der Waals surface area contributed by atoms with E-state index in [-0.39, 0.29) is 24.0 Å². The molecule has 0 amide bonds. The van der Waals surface area contributed by atoms with Crippen LogP contribution in [-0.2, 0) is 18.9 Å². The Kier molecular flexibility index (Phi) is 9.58. The van der Waals surface area contributed by atoms with E-state index in [9.17, 15) is 10.2 Å². The third kappa shape index (κ3) is 6.64. The van der Waals surface area contributed by atoms with Gasteiger partial charge in [0.15, 0.2) is 6.29 Å². The number of ether oxygens (including phenoxy) is 4. The van der Waals surface area contributed by atoms with Crippen molar-refractivity contribution in [1.82, 2.24) is 0 Å². The molecule has 0 saturated carbocycles. The Balaban J connectivity index is 2.56. The van der Waals surface area contributed by atoms with Crippen LogP contribution in [0.5, 0.6) is 0 Å². The molecule has 1 heterocycles. The van der Waals surface area contributed by atoms with E-state index >= 15 is 0 Å². The maximum Gasteiger partial charge on any atom is 0.186 e. The highest BCUT2D eigenvalue weighted by Gasteiger charge is 2.46. The Morgan fingerprint density at radius 2 is 1.61 bits per heavy atom. The average Bonchev–Trinajstić information content (AvgIpc) is 2.47. The smallest absolute Gasteiger partial charge is 0.186 e. The van der Waals surface area contributed by atoms with Crippen molar-refractivity contribution in [2.45, 2.75) is 71.7 Å². The lowest BCUT2D eigenvalue weighted by Gasteiger charge is -2.44. The van der Waals surface area contributed by atoms with E-state index in [4.69, 9.17) is 18.9 Å². The van der Waals surface area contributed by atoms with Crippen LogP contribution in [0.3, 0.4) is 0 Å². The Bertz CT molecular complexity index is 307.